The van der Waals surface area contributed by atoms with Crippen LogP contribution in [0.3, 0.4) is 0 Å². The van der Waals surface area contributed by atoms with Crippen LogP contribution in [0.2, 0.25) is 0 Å². The minimum absolute atomic E-state index is 0.00114. The number of fused-ring (bicyclic) bond motifs is 2. The van der Waals surface area contributed by atoms with E-state index in [2.05, 4.69) is 30.2 Å². The molecule has 39 heavy (non-hydrogen) atoms. The maximum Gasteiger partial charge on any atom is 0.271 e. The number of aromatic nitrogens is 6. The molecule has 0 saturated heterocycles. The van der Waals surface area contributed by atoms with Crippen LogP contribution in [0.15, 0.2) is 72.2 Å². The predicted octanol–water partition coefficient (Wildman–Crippen LogP) is 4.60. The number of nitrogens with zero attached hydrogens (tertiary/aromatic N) is 5. The van der Waals surface area contributed by atoms with E-state index in [-0.39, 0.29) is 18.1 Å². The van der Waals surface area contributed by atoms with Crippen LogP contribution in [0.25, 0.3) is 22.1 Å². The van der Waals surface area contributed by atoms with Gasteiger partial charge in [-0.2, -0.15) is 0 Å². The fraction of sp³-hybridized carbons (Fsp3) is 0.179. The van der Waals surface area contributed by atoms with Crippen LogP contribution in [0.4, 0.5) is 4.39 Å². The number of benzene rings is 2. The van der Waals surface area contributed by atoms with Crippen LogP contribution in [0, 0.1) is 5.82 Å². The Morgan fingerprint density at radius 2 is 1.56 bits per heavy atom. The van der Waals surface area contributed by atoms with E-state index in [0.717, 1.165) is 38.7 Å². The molecule has 0 aliphatic carbocycles. The molecule has 0 fully saturated rings. The molecule has 0 aliphatic rings. The number of carbonyl (C=O) groups excluding carboxylic acids is 1. The van der Waals surface area contributed by atoms with Crippen molar-refractivity contribution in [2.24, 2.45) is 0 Å². The van der Waals surface area contributed by atoms with Crippen molar-refractivity contribution in [3.63, 3.8) is 0 Å². The molecule has 1 amide bonds. The van der Waals surface area contributed by atoms with E-state index >= 15 is 0 Å². The Bertz CT molecular complexity index is 1600. The fourth-order valence-corrected chi connectivity index (χ4v) is 5.15. The summed E-state index contributed by atoms with van der Waals surface area (Å²) in [5.41, 5.74) is 4.35. The first-order valence-electron chi connectivity index (χ1n) is 12.5. The lowest BCUT2D eigenvalue weighted by Gasteiger charge is -2.19. The van der Waals surface area contributed by atoms with Crippen LogP contribution in [-0.4, -0.2) is 47.3 Å². The number of thiazole rings is 1. The second-order valence-electron chi connectivity index (χ2n) is 9.10. The number of hydrogen-bond donors (Lipinski definition) is 3. The molecule has 2 aromatic carbocycles. The first kappa shape index (κ1) is 24.8. The van der Waals surface area contributed by atoms with Crippen LogP contribution in [-0.2, 0) is 26.1 Å². The van der Waals surface area contributed by atoms with Gasteiger partial charge in [0, 0.05) is 24.5 Å². The van der Waals surface area contributed by atoms with E-state index in [1.54, 1.807) is 5.38 Å². The van der Waals surface area contributed by atoms with Gasteiger partial charge in [-0.15, -0.1) is 11.3 Å². The lowest BCUT2D eigenvalue weighted by atomic mass is 10.3. The molecular formula is C28H25FN8OS. The Morgan fingerprint density at radius 3 is 2.21 bits per heavy atom. The Kier molecular flexibility index (Phi) is 7.07. The third-order valence-electron chi connectivity index (χ3n) is 6.30. The highest BCUT2D eigenvalue weighted by atomic mass is 32.1. The first-order valence-corrected chi connectivity index (χ1v) is 13.4. The summed E-state index contributed by atoms with van der Waals surface area (Å²) in [5.74, 6) is 0.927. The van der Waals surface area contributed by atoms with Gasteiger partial charge in [-0.3, -0.25) is 14.7 Å². The zero-order valence-electron chi connectivity index (χ0n) is 20.9. The van der Waals surface area contributed by atoms with Gasteiger partial charge in [0.25, 0.3) is 5.91 Å². The number of halogens is 1. The van der Waals surface area contributed by atoms with E-state index in [9.17, 15) is 9.18 Å². The molecule has 4 heterocycles. The summed E-state index contributed by atoms with van der Waals surface area (Å²) in [6.07, 6.45) is 2.14. The van der Waals surface area contributed by atoms with Crippen LogP contribution in [0.1, 0.15) is 32.8 Å². The number of imidazole rings is 2. The van der Waals surface area contributed by atoms with E-state index in [4.69, 9.17) is 9.97 Å². The Morgan fingerprint density at radius 1 is 0.897 bits per heavy atom. The predicted molar refractivity (Wildman–Crippen MR) is 147 cm³/mol. The molecule has 4 aromatic heterocycles. The van der Waals surface area contributed by atoms with Crippen molar-refractivity contribution >= 4 is 39.3 Å². The van der Waals surface area contributed by atoms with Crippen molar-refractivity contribution in [2.75, 3.05) is 6.54 Å². The third kappa shape index (κ3) is 5.84. The van der Waals surface area contributed by atoms with Crippen LogP contribution >= 0.6 is 11.3 Å². The summed E-state index contributed by atoms with van der Waals surface area (Å²) in [6.45, 7) is 1.88. The van der Waals surface area contributed by atoms with Gasteiger partial charge in [0.05, 0.1) is 52.4 Å². The standard InChI is InChI=1S/C28H25FN8OS/c29-18-6-5-12-30-23(18)14-31-28(38)24-17-39-27(36-24)11-13-37(15-25-32-19-7-1-2-8-20(19)33-25)16-26-34-21-9-3-4-10-22(21)35-26/h1-10,12,17H,11,13-16H2,(H,31,38)(H,32,33)(H,34,35). The zero-order chi connectivity index (χ0) is 26.6. The fourth-order valence-electron chi connectivity index (χ4n) is 4.39. The smallest absolute Gasteiger partial charge is 0.271 e. The molecule has 0 radical (unpaired) electrons. The molecule has 3 N–H and O–H groups in total. The number of nitrogens with one attached hydrogen (secondary N) is 3. The number of pyridine rings is 1. The number of amides is 1. The Balaban J connectivity index is 1.14. The van der Waals surface area contributed by atoms with Crippen LogP contribution < -0.4 is 5.32 Å². The molecule has 11 heteroatoms. The largest absolute Gasteiger partial charge is 0.345 e. The Labute approximate surface area is 227 Å². The second kappa shape index (κ2) is 11.1. The third-order valence-corrected chi connectivity index (χ3v) is 7.21. The van der Waals surface area contributed by atoms with Crippen molar-refractivity contribution in [1.29, 1.82) is 0 Å². The molecule has 0 atom stereocenters. The van der Waals surface area contributed by atoms with Gasteiger partial charge in [-0.25, -0.2) is 19.3 Å². The number of H-pyrrole nitrogens is 2. The van der Waals surface area contributed by atoms with E-state index in [1.165, 1.54) is 29.7 Å². The second-order valence-corrected chi connectivity index (χ2v) is 10.0. The van der Waals surface area contributed by atoms with E-state index < -0.39 is 5.82 Å². The highest BCUT2D eigenvalue weighted by molar-refractivity contribution is 7.09. The quantitative estimate of drug-likeness (QED) is 0.234. The summed E-state index contributed by atoms with van der Waals surface area (Å²) in [4.78, 5) is 39.6. The average molecular weight is 541 g/mol. The molecular weight excluding hydrogens is 515 g/mol. The summed E-state index contributed by atoms with van der Waals surface area (Å²) < 4.78 is 13.8. The number of carbonyl (C=O) groups is 1. The minimum atomic E-state index is -0.453. The average Bonchev–Trinajstić information content (AvgIpc) is 3.68. The maximum atomic E-state index is 13.8. The summed E-state index contributed by atoms with van der Waals surface area (Å²) in [6, 6.07) is 18.8. The van der Waals surface area contributed by atoms with Crippen molar-refractivity contribution < 1.29 is 9.18 Å². The van der Waals surface area contributed by atoms with Crippen molar-refractivity contribution in [2.45, 2.75) is 26.1 Å². The van der Waals surface area contributed by atoms with Crippen LogP contribution in [0.5, 0.6) is 0 Å². The van der Waals surface area contributed by atoms with Gasteiger partial charge in [0.15, 0.2) is 0 Å². The topological polar surface area (TPSA) is 115 Å². The SMILES string of the molecule is O=C(NCc1ncccc1F)c1csc(CCN(Cc2nc3ccccc3[nH]2)Cc2nc3ccccc3[nH]2)n1. The molecule has 196 valence electrons. The Hall–Kier alpha value is -4.48. The zero-order valence-corrected chi connectivity index (χ0v) is 21.7. The lowest BCUT2D eigenvalue weighted by Crippen LogP contribution is -2.27. The molecule has 9 nitrogen and oxygen atoms in total. The highest BCUT2D eigenvalue weighted by Gasteiger charge is 2.16. The van der Waals surface area contributed by atoms with Crippen molar-refractivity contribution in [1.82, 2.24) is 40.1 Å². The van der Waals surface area contributed by atoms with Crippen molar-refractivity contribution in [3.8, 4) is 0 Å². The number of para-hydroxylation sites is 4. The minimum Gasteiger partial charge on any atom is -0.345 e. The number of hydrogen-bond acceptors (Lipinski definition) is 7. The molecule has 6 aromatic rings. The number of aromatic amines is 2. The molecule has 0 bridgehead atoms. The molecule has 0 saturated carbocycles. The normalized spacial score (nSPS) is 11.5. The van der Waals surface area contributed by atoms with Gasteiger partial charge >= 0.3 is 0 Å². The lowest BCUT2D eigenvalue weighted by molar-refractivity contribution is 0.0945. The molecule has 0 spiro atoms. The summed E-state index contributed by atoms with van der Waals surface area (Å²) >= 11 is 1.43. The van der Waals surface area contributed by atoms with Gasteiger partial charge in [-0.1, -0.05) is 24.3 Å². The van der Waals surface area contributed by atoms with Gasteiger partial charge in [0.2, 0.25) is 0 Å². The monoisotopic (exact) mass is 540 g/mol. The molecule has 0 aliphatic heterocycles. The molecule has 6 rings (SSSR count). The molecule has 0 unspecified atom stereocenters. The summed E-state index contributed by atoms with van der Waals surface area (Å²) in [7, 11) is 0. The van der Waals surface area contributed by atoms with E-state index in [0.29, 0.717) is 31.7 Å². The first-order chi connectivity index (χ1) is 19.1. The van der Waals surface area contributed by atoms with Gasteiger partial charge in [-0.05, 0) is 36.4 Å². The number of rotatable bonds is 10. The van der Waals surface area contributed by atoms with Gasteiger partial charge < -0.3 is 15.3 Å². The van der Waals surface area contributed by atoms with Crippen molar-refractivity contribution in [3.05, 3.63) is 106 Å². The highest BCUT2D eigenvalue weighted by Crippen LogP contribution is 2.17. The summed E-state index contributed by atoms with van der Waals surface area (Å²) in [5, 5.41) is 5.25. The van der Waals surface area contributed by atoms with E-state index in [1.807, 2.05) is 48.5 Å². The maximum absolute atomic E-state index is 13.8. The van der Waals surface area contributed by atoms with Gasteiger partial charge in [0.1, 0.15) is 23.2 Å².